The molecular formula is C16H17BrN2O4S. The molecule has 0 fully saturated rings. The molecule has 128 valence electrons. The van der Waals surface area contributed by atoms with E-state index in [1.165, 1.54) is 12.1 Å². The summed E-state index contributed by atoms with van der Waals surface area (Å²) >= 11 is 3.24. The van der Waals surface area contributed by atoms with E-state index < -0.39 is 15.9 Å². The molecule has 6 nitrogen and oxygen atoms in total. The van der Waals surface area contributed by atoms with Gasteiger partial charge in [-0.15, -0.1) is 0 Å². The summed E-state index contributed by atoms with van der Waals surface area (Å²) in [7, 11) is -3.73. The number of halogens is 1. The monoisotopic (exact) mass is 412 g/mol. The predicted molar refractivity (Wildman–Crippen MR) is 95.6 cm³/mol. The first-order chi connectivity index (χ1) is 11.4. The van der Waals surface area contributed by atoms with Crippen molar-refractivity contribution in [1.82, 2.24) is 4.72 Å². The summed E-state index contributed by atoms with van der Waals surface area (Å²) in [5, 5.41) is 2.62. The number of carbonyl (C=O) groups excluding carboxylic acids is 1. The van der Waals surface area contributed by atoms with E-state index in [2.05, 4.69) is 26.0 Å². The molecule has 0 bridgehead atoms. The fourth-order valence-electron chi connectivity index (χ4n) is 1.86. The zero-order chi connectivity index (χ0) is 17.6. The van der Waals surface area contributed by atoms with Gasteiger partial charge < -0.3 is 10.1 Å². The Bertz CT molecular complexity index is 790. The minimum Gasteiger partial charge on any atom is -0.494 e. The van der Waals surface area contributed by atoms with Crippen molar-refractivity contribution in [2.24, 2.45) is 0 Å². The molecule has 8 heteroatoms. The van der Waals surface area contributed by atoms with E-state index in [9.17, 15) is 13.2 Å². The summed E-state index contributed by atoms with van der Waals surface area (Å²) in [6.45, 7) is 2.09. The van der Waals surface area contributed by atoms with Crippen LogP contribution in [0.4, 0.5) is 5.69 Å². The second-order valence-corrected chi connectivity index (χ2v) is 7.47. The molecule has 0 radical (unpaired) electrons. The molecule has 2 aromatic carbocycles. The van der Waals surface area contributed by atoms with E-state index in [0.717, 1.165) is 4.47 Å². The Balaban J connectivity index is 1.91. The maximum absolute atomic E-state index is 12.1. The zero-order valence-electron chi connectivity index (χ0n) is 13.0. The SMILES string of the molecule is CCOc1ccc(NC(=O)CNS(=O)(=O)c2ccc(Br)cc2)cc1. The van der Waals surface area contributed by atoms with E-state index in [4.69, 9.17) is 4.74 Å². The van der Waals surface area contributed by atoms with Crippen LogP contribution in [0.5, 0.6) is 5.75 Å². The second-order valence-electron chi connectivity index (χ2n) is 4.78. The van der Waals surface area contributed by atoms with Gasteiger partial charge in [-0.1, -0.05) is 15.9 Å². The van der Waals surface area contributed by atoms with Gasteiger partial charge in [0.25, 0.3) is 0 Å². The van der Waals surface area contributed by atoms with Crippen molar-refractivity contribution >= 4 is 37.5 Å². The van der Waals surface area contributed by atoms with Crippen molar-refractivity contribution in [2.45, 2.75) is 11.8 Å². The number of sulfonamides is 1. The highest BCUT2D eigenvalue weighted by Crippen LogP contribution is 2.16. The van der Waals surface area contributed by atoms with E-state index in [0.29, 0.717) is 18.0 Å². The number of ether oxygens (including phenoxy) is 1. The number of benzene rings is 2. The Labute approximate surface area is 149 Å². The van der Waals surface area contributed by atoms with Gasteiger partial charge in [-0.2, -0.15) is 0 Å². The van der Waals surface area contributed by atoms with Crippen molar-refractivity contribution in [3.05, 3.63) is 53.0 Å². The van der Waals surface area contributed by atoms with Gasteiger partial charge >= 0.3 is 0 Å². The van der Waals surface area contributed by atoms with E-state index >= 15 is 0 Å². The third-order valence-electron chi connectivity index (χ3n) is 3.00. The maximum Gasteiger partial charge on any atom is 0.241 e. The lowest BCUT2D eigenvalue weighted by atomic mass is 10.3. The largest absolute Gasteiger partial charge is 0.494 e. The Morgan fingerprint density at radius 3 is 2.29 bits per heavy atom. The topological polar surface area (TPSA) is 84.5 Å². The molecule has 0 atom stereocenters. The summed E-state index contributed by atoms with van der Waals surface area (Å²) in [6.07, 6.45) is 0. The minimum absolute atomic E-state index is 0.0968. The molecule has 0 spiro atoms. The molecule has 0 aliphatic carbocycles. The summed E-state index contributed by atoms with van der Waals surface area (Å²) in [4.78, 5) is 12.0. The van der Waals surface area contributed by atoms with Crippen LogP contribution >= 0.6 is 15.9 Å². The number of anilines is 1. The lowest BCUT2D eigenvalue weighted by Crippen LogP contribution is -2.32. The molecule has 0 saturated carbocycles. The number of carbonyl (C=O) groups is 1. The van der Waals surface area contributed by atoms with Crippen LogP contribution in [0.2, 0.25) is 0 Å². The molecule has 0 unspecified atom stereocenters. The van der Waals surface area contributed by atoms with Crippen LogP contribution in [-0.4, -0.2) is 27.5 Å². The second kappa shape index (κ2) is 8.27. The quantitative estimate of drug-likeness (QED) is 0.731. The highest BCUT2D eigenvalue weighted by Gasteiger charge is 2.15. The van der Waals surface area contributed by atoms with Crippen molar-refractivity contribution in [1.29, 1.82) is 0 Å². The maximum atomic E-state index is 12.1. The summed E-state index contributed by atoms with van der Waals surface area (Å²) < 4.78 is 32.5. The first kappa shape index (κ1) is 18.4. The molecule has 2 N–H and O–H groups in total. The number of rotatable bonds is 7. The van der Waals surface area contributed by atoms with Crippen molar-refractivity contribution in [2.75, 3.05) is 18.5 Å². The van der Waals surface area contributed by atoms with Crippen molar-refractivity contribution < 1.29 is 17.9 Å². The molecule has 0 aliphatic heterocycles. The number of hydrogen-bond acceptors (Lipinski definition) is 4. The van der Waals surface area contributed by atoms with Gasteiger partial charge in [-0.05, 0) is 55.5 Å². The number of nitrogens with one attached hydrogen (secondary N) is 2. The van der Waals surface area contributed by atoms with Gasteiger partial charge in [-0.3, -0.25) is 4.79 Å². The average Bonchev–Trinajstić information content (AvgIpc) is 2.56. The van der Waals surface area contributed by atoms with Crippen LogP contribution in [0.25, 0.3) is 0 Å². The molecule has 24 heavy (non-hydrogen) atoms. The van der Waals surface area contributed by atoms with Gasteiger partial charge in [0.05, 0.1) is 18.0 Å². The normalized spacial score (nSPS) is 11.1. The molecule has 0 aromatic heterocycles. The highest BCUT2D eigenvalue weighted by atomic mass is 79.9. The van der Waals surface area contributed by atoms with Crippen molar-refractivity contribution in [3.63, 3.8) is 0 Å². The fourth-order valence-corrected chi connectivity index (χ4v) is 3.11. The van der Waals surface area contributed by atoms with E-state index in [1.54, 1.807) is 36.4 Å². The smallest absolute Gasteiger partial charge is 0.241 e. The Morgan fingerprint density at radius 1 is 1.08 bits per heavy atom. The van der Waals surface area contributed by atoms with Crippen LogP contribution in [0.3, 0.4) is 0 Å². The predicted octanol–water partition coefficient (Wildman–Crippen LogP) is 2.76. The van der Waals surface area contributed by atoms with Gasteiger partial charge in [0.1, 0.15) is 5.75 Å². The average molecular weight is 413 g/mol. The standard InChI is InChI=1S/C16H17BrN2O4S/c1-2-23-14-7-5-13(6-8-14)19-16(20)11-18-24(21,22)15-9-3-12(17)4-10-15/h3-10,18H,2,11H2,1H3,(H,19,20). The summed E-state index contributed by atoms with van der Waals surface area (Å²) in [6, 6.07) is 13.0. The van der Waals surface area contributed by atoms with Gasteiger partial charge in [0, 0.05) is 10.2 Å². The fraction of sp³-hybridized carbons (Fsp3) is 0.188. The highest BCUT2D eigenvalue weighted by molar-refractivity contribution is 9.10. The van der Waals surface area contributed by atoms with Crippen LogP contribution in [0.1, 0.15) is 6.92 Å². The summed E-state index contributed by atoms with van der Waals surface area (Å²) in [5.74, 6) is 0.242. The lowest BCUT2D eigenvalue weighted by molar-refractivity contribution is -0.115. The van der Waals surface area contributed by atoms with Crippen molar-refractivity contribution in [3.8, 4) is 5.75 Å². The van der Waals surface area contributed by atoms with E-state index in [1.807, 2.05) is 6.92 Å². The molecular weight excluding hydrogens is 396 g/mol. The third kappa shape index (κ3) is 5.33. The molecule has 0 saturated heterocycles. The zero-order valence-corrected chi connectivity index (χ0v) is 15.4. The first-order valence-corrected chi connectivity index (χ1v) is 9.46. The van der Waals surface area contributed by atoms with Gasteiger partial charge in [0.2, 0.25) is 15.9 Å². The number of hydrogen-bond donors (Lipinski definition) is 2. The van der Waals surface area contributed by atoms with Gasteiger partial charge in [-0.25, -0.2) is 13.1 Å². The molecule has 2 rings (SSSR count). The van der Waals surface area contributed by atoms with Crippen LogP contribution < -0.4 is 14.8 Å². The minimum atomic E-state index is -3.73. The van der Waals surface area contributed by atoms with Gasteiger partial charge in [0.15, 0.2) is 0 Å². The lowest BCUT2D eigenvalue weighted by Gasteiger charge is -2.09. The third-order valence-corrected chi connectivity index (χ3v) is 4.94. The molecule has 2 aromatic rings. The Hall–Kier alpha value is -1.90. The van der Waals surface area contributed by atoms with Crippen LogP contribution in [-0.2, 0) is 14.8 Å². The summed E-state index contributed by atoms with van der Waals surface area (Å²) in [5.41, 5.74) is 0.561. The first-order valence-electron chi connectivity index (χ1n) is 7.18. The van der Waals surface area contributed by atoms with E-state index in [-0.39, 0.29) is 11.4 Å². The molecule has 0 aliphatic rings. The Kier molecular flexibility index (Phi) is 6.36. The molecule has 1 amide bonds. The van der Waals surface area contributed by atoms with Crippen LogP contribution in [0.15, 0.2) is 57.9 Å². The Morgan fingerprint density at radius 2 is 1.71 bits per heavy atom. The van der Waals surface area contributed by atoms with Crippen LogP contribution in [0, 0.1) is 0 Å². The number of amides is 1. The molecule has 0 heterocycles.